The van der Waals surface area contributed by atoms with Gasteiger partial charge in [-0.05, 0) is 12.5 Å². The van der Waals surface area contributed by atoms with E-state index in [-0.39, 0.29) is 6.54 Å². The second-order valence-corrected chi connectivity index (χ2v) is 2.20. The summed E-state index contributed by atoms with van der Waals surface area (Å²) in [6.45, 7) is 5.41. The standard InChI is InChI=1S/C7H13N3O/c1-5(6(2)8)3-10-4-7(9)11/h3,10H,2,4,8H2,1H3,(H2,9,11)/b5-3-. The molecule has 0 heterocycles. The van der Waals surface area contributed by atoms with Crippen molar-refractivity contribution >= 4 is 5.91 Å². The van der Waals surface area contributed by atoms with Crippen LogP contribution in [0.5, 0.6) is 0 Å². The van der Waals surface area contributed by atoms with E-state index in [0.29, 0.717) is 5.70 Å². The summed E-state index contributed by atoms with van der Waals surface area (Å²) in [6, 6.07) is 0. The Morgan fingerprint density at radius 3 is 2.55 bits per heavy atom. The molecule has 1 amide bonds. The van der Waals surface area contributed by atoms with Gasteiger partial charge in [0.05, 0.1) is 6.54 Å². The molecule has 0 aliphatic rings. The lowest BCUT2D eigenvalue weighted by molar-refractivity contribution is -0.117. The van der Waals surface area contributed by atoms with Crippen molar-refractivity contribution in [2.45, 2.75) is 6.92 Å². The SMILES string of the molecule is C=C(N)/C(C)=C\NCC(N)=O. The van der Waals surface area contributed by atoms with Crippen LogP contribution in [0.2, 0.25) is 0 Å². The van der Waals surface area contributed by atoms with Crippen molar-refractivity contribution < 1.29 is 4.79 Å². The molecule has 0 fully saturated rings. The predicted molar refractivity (Wildman–Crippen MR) is 44.3 cm³/mol. The maximum atomic E-state index is 10.2. The molecule has 0 aliphatic heterocycles. The van der Waals surface area contributed by atoms with Gasteiger partial charge in [-0.3, -0.25) is 4.79 Å². The Kier molecular flexibility index (Phi) is 3.80. The van der Waals surface area contributed by atoms with Crippen LogP contribution < -0.4 is 16.8 Å². The van der Waals surface area contributed by atoms with E-state index >= 15 is 0 Å². The first kappa shape index (κ1) is 9.55. The third kappa shape index (κ3) is 5.02. The van der Waals surface area contributed by atoms with E-state index in [1.807, 2.05) is 0 Å². The quantitative estimate of drug-likeness (QED) is 0.476. The summed E-state index contributed by atoms with van der Waals surface area (Å²) in [5.41, 5.74) is 11.5. The van der Waals surface area contributed by atoms with Gasteiger partial charge in [0.2, 0.25) is 5.91 Å². The van der Waals surface area contributed by atoms with Crippen LogP contribution in [-0.2, 0) is 4.79 Å². The number of allylic oxidation sites excluding steroid dienone is 1. The molecular formula is C7H13N3O. The summed E-state index contributed by atoms with van der Waals surface area (Å²) >= 11 is 0. The normalized spacial score (nSPS) is 10.8. The number of hydrogen-bond donors (Lipinski definition) is 3. The van der Waals surface area contributed by atoms with Gasteiger partial charge in [-0.15, -0.1) is 0 Å². The summed E-state index contributed by atoms with van der Waals surface area (Å²) in [4.78, 5) is 10.2. The summed E-state index contributed by atoms with van der Waals surface area (Å²) < 4.78 is 0. The van der Waals surface area contributed by atoms with Crippen LogP contribution in [0.4, 0.5) is 0 Å². The highest BCUT2D eigenvalue weighted by molar-refractivity contribution is 5.76. The lowest BCUT2D eigenvalue weighted by Crippen LogP contribution is -2.25. The second-order valence-electron chi connectivity index (χ2n) is 2.20. The van der Waals surface area contributed by atoms with Gasteiger partial charge < -0.3 is 16.8 Å². The molecule has 5 N–H and O–H groups in total. The van der Waals surface area contributed by atoms with Crippen LogP contribution in [-0.4, -0.2) is 12.5 Å². The lowest BCUT2D eigenvalue weighted by atomic mass is 10.3. The monoisotopic (exact) mass is 155 g/mol. The molecule has 0 rings (SSSR count). The van der Waals surface area contributed by atoms with Gasteiger partial charge >= 0.3 is 0 Å². The van der Waals surface area contributed by atoms with E-state index in [2.05, 4.69) is 11.9 Å². The van der Waals surface area contributed by atoms with Crippen molar-refractivity contribution in [2.75, 3.05) is 6.54 Å². The highest BCUT2D eigenvalue weighted by Crippen LogP contribution is 1.95. The first-order valence-electron chi connectivity index (χ1n) is 3.17. The minimum atomic E-state index is -0.406. The molecule has 0 radical (unpaired) electrons. The van der Waals surface area contributed by atoms with Gasteiger partial charge in [0.15, 0.2) is 0 Å². The Hall–Kier alpha value is -1.45. The highest BCUT2D eigenvalue weighted by atomic mass is 16.1. The van der Waals surface area contributed by atoms with E-state index in [4.69, 9.17) is 11.5 Å². The van der Waals surface area contributed by atoms with Crippen LogP contribution in [0.25, 0.3) is 0 Å². The molecule has 11 heavy (non-hydrogen) atoms. The van der Waals surface area contributed by atoms with E-state index in [9.17, 15) is 4.79 Å². The summed E-state index contributed by atoms with van der Waals surface area (Å²) in [5, 5.41) is 2.69. The molecule has 0 aromatic carbocycles. The topological polar surface area (TPSA) is 81.1 Å². The van der Waals surface area contributed by atoms with Crippen molar-refractivity contribution in [3.8, 4) is 0 Å². The van der Waals surface area contributed by atoms with E-state index in [1.54, 1.807) is 13.1 Å². The van der Waals surface area contributed by atoms with Gasteiger partial charge in [0, 0.05) is 11.9 Å². The number of nitrogens with one attached hydrogen (secondary N) is 1. The highest BCUT2D eigenvalue weighted by Gasteiger charge is 1.90. The molecule has 0 aromatic heterocycles. The molecule has 4 nitrogen and oxygen atoms in total. The fourth-order valence-corrected chi connectivity index (χ4v) is 0.397. The predicted octanol–water partition coefficient (Wildman–Crippen LogP) is -0.562. The Morgan fingerprint density at radius 2 is 2.18 bits per heavy atom. The number of carbonyl (C=O) groups is 1. The molecule has 0 saturated heterocycles. The van der Waals surface area contributed by atoms with Crippen molar-refractivity contribution in [3.05, 3.63) is 24.0 Å². The molecule has 0 aliphatic carbocycles. The van der Waals surface area contributed by atoms with Crippen LogP contribution >= 0.6 is 0 Å². The average molecular weight is 155 g/mol. The van der Waals surface area contributed by atoms with Crippen molar-refractivity contribution in [1.82, 2.24) is 5.32 Å². The molecule has 4 heteroatoms. The molecule has 0 spiro atoms. The number of carbonyl (C=O) groups excluding carboxylic acids is 1. The Bertz CT molecular complexity index is 196. The minimum absolute atomic E-state index is 0.116. The zero-order valence-electron chi connectivity index (χ0n) is 6.55. The number of nitrogens with two attached hydrogens (primary N) is 2. The summed E-state index contributed by atoms with van der Waals surface area (Å²) in [6.07, 6.45) is 1.60. The summed E-state index contributed by atoms with van der Waals surface area (Å²) in [5.74, 6) is -0.406. The number of hydrogen-bond acceptors (Lipinski definition) is 3. The number of rotatable bonds is 4. The van der Waals surface area contributed by atoms with E-state index in [0.717, 1.165) is 5.57 Å². The van der Waals surface area contributed by atoms with E-state index < -0.39 is 5.91 Å². The zero-order chi connectivity index (χ0) is 8.85. The third-order valence-electron chi connectivity index (χ3n) is 1.10. The molecule has 0 saturated carbocycles. The van der Waals surface area contributed by atoms with Gasteiger partial charge in [-0.1, -0.05) is 6.58 Å². The van der Waals surface area contributed by atoms with Gasteiger partial charge in [0.25, 0.3) is 0 Å². The Labute approximate surface area is 65.9 Å². The van der Waals surface area contributed by atoms with Crippen LogP contribution in [0, 0.1) is 0 Å². The second kappa shape index (κ2) is 4.38. The van der Waals surface area contributed by atoms with Crippen molar-refractivity contribution in [1.29, 1.82) is 0 Å². The molecule has 0 unspecified atom stereocenters. The van der Waals surface area contributed by atoms with Crippen LogP contribution in [0.3, 0.4) is 0 Å². The minimum Gasteiger partial charge on any atom is -0.399 e. The molecule has 62 valence electrons. The largest absolute Gasteiger partial charge is 0.399 e. The first-order valence-corrected chi connectivity index (χ1v) is 3.17. The smallest absolute Gasteiger partial charge is 0.236 e. The Morgan fingerprint density at radius 1 is 1.64 bits per heavy atom. The Balaban J connectivity index is 3.74. The summed E-state index contributed by atoms with van der Waals surface area (Å²) in [7, 11) is 0. The number of amides is 1. The first-order chi connectivity index (χ1) is 5.04. The van der Waals surface area contributed by atoms with Gasteiger partial charge in [0.1, 0.15) is 0 Å². The van der Waals surface area contributed by atoms with E-state index in [1.165, 1.54) is 0 Å². The maximum absolute atomic E-state index is 10.2. The van der Waals surface area contributed by atoms with Crippen molar-refractivity contribution in [3.63, 3.8) is 0 Å². The van der Waals surface area contributed by atoms with Crippen molar-refractivity contribution in [2.24, 2.45) is 11.5 Å². The van der Waals surface area contributed by atoms with Crippen LogP contribution in [0.15, 0.2) is 24.0 Å². The zero-order valence-corrected chi connectivity index (χ0v) is 6.55. The fraction of sp³-hybridized carbons (Fsp3) is 0.286. The molecular weight excluding hydrogens is 142 g/mol. The molecule has 0 bridgehead atoms. The van der Waals surface area contributed by atoms with Gasteiger partial charge in [-0.25, -0.2) is 0 Å². The number of primary amides is 1. The fourth-order valence-electron chi connectivity index (χ4n) is 0.397. The molecule has 0 aromatic rings. The lowest BCUT2D eigenvalue weighted by Gasteiger charge is -1.99. The molecule has 0 atom stereocenters. The maximum Gasteiger partial charge on any atom is 0.236 e. The van der Waals surface area contributed by atoms with Crippen LogP contribution in [0.1, 0.15) is 6.92 Å². The third-order valence-corrected chi connectivity index (χ3v) is 1.10. The average Bonchev–Trinajstić information content (AvgIpc) is 1.86. The van der Waals surface area contributed by atoms with Gasteiger partial charge in [-0.2, -0.15) is 0 Å².